The highest BCUT2D eigenvalue weighted by Gasteiger charge is 2.39. The number of halogens is 2. The summed E-state index contributed by atoms with van der Waals surface area (Å²) in [4.78, 5) is 4.42. The van der Waals surface area contributed by atoms with Crippen LogP contribution in [0.5, 0.6) is 0 Å². The summed E-state index contributed by atoms with van der Waals surface area (Å²) in [5, 5.41) is 20.7. The third kappa shape index (κ3) is 6.10. The average molecular weight is 463 g/mol. The Morgan fingerprint density at radius 2 is 1.91 bits per heavy atom. The van der Waals surface area contributed by atoms with Crippen molar-refractivity contribution in [3.05, 3.63) is 41.3 Å². The molecule has 2 aliphatic carbocycles. The van der Waals surface area contributed by atoms with Gasteiger partial charge in [-0.3, -0.25) is 0 Å². The van der Waals surface area contributed by atoms with Gasteiger partial charge in [-0.1, -0.05) is 11.6 Å². The van der Waals surface area contributed by atoms with Crippen molar-refractivity contribution in [2.45, 2.75) is 56.2 Å². The fourth-order valence-electron chi connectivity index (χ4n) is 4.17. The second kappa shape index (κ2) is 10.3. The number of aliphatic hydroxyl groups is 1. The highest BCUT2D eigenvalue weighted by Crippen LogP contribution is 2.36. The maximum Gasteiger partial charge on any atom is 0.131 e. The van der Waals surface area contributed by atoms with E-state index in [2.05, 4.69) is 20.9 Å². The van der Waals surface area contributed by atoms with E-state index in [1.54, 1.807) is 25.4 Å². The molecule has 8 heteroatoms. The smallest absolute Gasteiger partial charge is 0.131 e. The number of benzene rings is 1. The van der Waals surface area contributed by atoms with Crippen LogP contribution in [-0.2, 0) is 4.74 Å². The van der Waals surface area contributed by atoms with Crippen LogP contribution in [0.3, 0.4) is 0 Å². The molecule has 32 heavy (non-hydrogen) atoms. The van der Waals surface area contributed by atoms with Crippen LogP contribution in [0.1, 0.15) is 38.5 Å². The van der Waals surface area contributed by atoms with Crippen molar-refractivity contribution >= 4 is 23.1 Å². The number of methoxy groups -OCH3 is 1. The van der Waals surface area contributed by atoms with Gasteiger partial charge in [-0.2, -0.15) is 0 Å². The van der Waals surface area contributed by atoms with Crippen molar-refractivity contribution in [2.75, 3.05) is 37.4 Å². The molecule has 4 rings (SSSR count). The summed E-state index contributed by atoms with van der Waals surface area (Å²) < 4.78 is 19.8. The van der Waals surface area contributed by atoms with Gasteiger partial charge in [0.15, 0.2) is 0 Å². The minimum Gasteiger partial charge on any atom is -0.388 e. The molecule has 0 amide bonds. The molecule has 0 atom stereocenters. The number of nitrogens with zero attached hydrogens (tertiary/aromatic N) is 1. The topological polar surface area (TPSA) is 78.4 Å². The quantitative estimate of drug-likeness (QED) is 0.391. The third-order valence-corrected chi connectivity index (χ3v) is 6.68. The van der Waals surface area contributed by atoms with Gasteiger partial charge in [-0.25, -0.2) is 9.37 Å². The standard InChI is InChI=1S/C24H32ClFN4O2/c1-32-11-10-27-16-2-4-17(5-3-16)30-23-13-19(21(25)14-28-23)20-12-18(6-7-22(20)26)29-15-24(31)8-9-24/h6-7,12-14,16-17,27,29,31H,2-5,8-11,15H2,1H3,(H,28,30). The predicted molar refractivity (Wildman–Crippen MR) is 127 cm³/mol. The fourth-order valence-corrected chi connectivity index (χ4v) is 4.37. The van der Waals surface area contributed by atoms with E-state index in [-0.39, 0.29) is 5.82 Å². The van der Waals surface area contributed by atoms with Crippen molar-refractivity contribution < 1.29 is 14.2 Å². The molecule has 174 valence electrons. The molecule has 0 saturated heterocycles. The van der Waals surface area contributed by atoms with E-state index >= 15 is 0 Å². The number of hydrogen-bond acceptors (Lipinski definition) is 6. The molecule has 1 heterocycles. The number of pyridine rings is 1. The van der Waals surface area contributed by atoms with Crippen LogP contribution in [0.2, 0.25) is 5.02 Å². The summed E-state index contributed by atoms with van der Waals surface area (Å²) in [6.07, 6.45) is 7.44. The lowest BCUT2D eigenvalue weighted by atomic mass is 9.91. The van der Waals surface area contributed by atoms with Gasteiger partial charge in [0.25, 0.3) is 0 Å². The molecule has 2 aromatic rings. The zero-order valence-corrected chi connectivity index (χ0v) is 19.2. The molecule has 0 bridgehead atoms. The van der Waals surface area contributed by atoms with Crippen LogP contribution < -0.4 is 16.0 Å². The van der Waals surface area contributed by atoms with Crippen molar-refractivity contribution in [3.8, 4) is 11.1 Å². The van der Waals surface area contributed by atoms with Crippen molar-refractivity contribution in [2.24, 2.45) is 0 Å². The first-order valence-electron chi connectivity index (χ1n) is 11.4. The van der Waals surface area contributed by atoms with Crippen LogP contribution in [0.15, 0.2) is 30.5 Å². The Morgan fingerprint density at radius 3 is 2.62 bits per heavy atom. The van der Waals surface area contributed by atoms with Gasteiger partial charge in [-0.05, 0) is 62.8 Å². The molecule has 0 spiro atoms. The van der Waals surface area contributed by atoms with Crippen molar-refractivity contribution in [3.63, 3.8) is 0 Å². The van der Waals surface area contributed by atoms with Crippen molar-refractivity contribution in [1.82, 2.24) is 10.3 Å². The largest absolute Gasteiger partial charge is 0.388 e. The monoisotopic (exact) mass is 462 g/mol. The molecule has 0 radical (unpaired) electrons. The summed E-state index contributed by atoms with van der Waals surface area (Å²) >= 11 is 6.40. The normalized spacial score (nSPS) is 21.9. The van der Waals surface area contributed by atoms with Gasteiger partial charge < -0.3 is 25.8 Å². The first-order chi connectivity index (χ1) is 15.5. The van der Waals surface area contributed by atoms with E-state index in [1.165, 1.54) is 6.07 Å². The minimum atomic E-state index is -0.627. The van der Waals surface area contributed by atoms with Gasteiger partial charge in [0.2, 0.25) is 0 Å². The molecular weight excluding hydrogens is 431 g/mol. The molecule has 0 unspecified atom stereocenters. The molecule has 6 nitrogen and oxygen atoms in total. The van der Waals surface area contributed by atoms with E-state index in [1.807, 2.05) is 6.07 Å². The van der Waals surface area contributed by atoms with Crippen LogP contribution >= 0.6 is 11.6 Å². The van der Waals surface area contributed by atoms with Gasteiger partial charge in [-0.15, -0.1) is 0 Å². The Bertz CT molecular complexity index is 917. The molecule has 4 N–H and O–H groups in total. The summed E-state index contributed by atoms with van der Waals surface area (Å²) in [5.74, 6) is 0.354. The average Bonchev–Trinajstić information content (AvgIpc) is 3.53. The Balaban J connectivity index is 1.41. The minimum absolute atomic E-state index is 0.328. The SMILES string of the molecule is COCCNC1CCC(Nc2cc(-c3cc(NCC4(O)CC4)ccc3F)c(Cl)cn2)CC1. The summed E-state index contributed by atoms with van der Waals surface area (Å²) in [5.41, 5.74) is 1.14. The van der Waals surface area contributed by atoms with Gasteiger partial charge in [0.05, 0.1) is 17.2 Å². The maximum atomic E-state index is 14.7. The number of nitrogens with one attached hydrogen (secondary N) is 3. The molecule has 1 aromatic carbocycles. The number of hydrogen-bond donors (Lipinski definition) is 4. The Kier molecular flexibility index (Phi) is 7.51. The summed E-state index contributed by atoms with van der Waals surface area (Å²) in [7, 11) is 1.72. The Labute approximate surface area is 193 Å². The molecule has 2 saturated carbocycles. The van der Waals surface area contributed by atoms with Gasteiger partial charge >= 0.3 is 0 Å². The van der Waals surface area contributed by atoms with Crippen molar-refractivity contribution in [1.29, 1.82) is 0 Å². The van der Waals surface area contributed by atoms with E-state index in [0.29, 0.717) is 40.6 Å². The number of rotatable bonds is 10. The van der Waals surface area contributed by atoms with Crippen LogP contribution in [0.4, 0.5) is 15.9 Å². The van der Waals surface area contributed by atoms with Crippen LogP contribution in [-0.4, -0.2) is 54.6 Å². The molecule has 2 fully saturated rings. The van der Waals surface area contributed by atoms with E-state index in [4.69, 9.17) is 16.3 Å². The second-order valence-electron chi connectivity index (χ2n) is 8.96. The summed E-state index contributed by atoms with van der Waals surface area (Å²) in [6, 6.07) is 7.52. The molecular formula is C24H32ClFN4O2. The lowest BCUT2D eigenvalue weighted by molar-refractivity contribution is 0.164. The van der Waals surface area contributed by atoms with E-state index in [0.717, 1.165) is 57.4 Å². The number of anilines is 2. The Hall–Kier alpha value is -1.93. The van der Waals surface area contributed by atoms with E-state index in [9.17, 15) is 9.50 Å². The highest BCUT2D eigenvalue weighted by molar-refractivity contribution is 6.33. The predicted octanol–water partition coefficient (Wildman–Crippen LogP) is 4.44. The van der Waals surface area contributed by atoms with Crippen LogP contribution in [0, 0.1) is 5.82 Å². The molecule has 2 aliphatic rings. The maximum absolute atomic E-state index is 14.7. The lowest BCUT2D eigenvalue weighted by Gasteiger charge is -2.30. The van der Waals surface area contributed by atoms with Gasteiger partial charge in [0, 0.05) is 55.3 Å². The fraction of sp³-hybridized carbons (Fsp3) is 0.542. The Morgan fingerprint density at radius 1 is 1.16 bits per heavy atom. The highest BCUT2D eigenvalue weighted by atomic mass is 35.5. The zero-order valence-electron chi connectivity index (χ0n) is 18.5. The molecule has 0 aliphatic heterocycles. The first kappa shape index (κ1) is 23.2. The zero-order chi connectivity index (χ0) is 22.6. The van der Waals surface area contributed by atoms with Crippen LogP contribution in [0.25, 0.3) is 11.1 Å². The first-order valence-corrected chi connectivity index (χ1v) is 11.7. The second-order valence-corrected chi connectivity index (χ2v) is 9.37. The molecule has 1 aromatic heterocycles. The summed E-state index contributed by atoms with van der Waals surface area (Å²) in [6.45, 7) is 2.06. The van der Waals surface area contributed by atoms with Gasteiger partial charge in [0.1, 0.15) is 11.6 Å². The number of aromatic nitrogens is 1. The third-order valence-electron chi connectivity index (χ3n) is 6.38. The lowest BCUT2D eigenvalue weighted by Crippen LogP contribution is -2.38. The van der Waals surface area contributed by atoms with E-state index < -0.39 is 5.60 Å². The number of ether oxygens (including phenoxy) is 1.